The molecule has 2 aromatic carbocycles. The minimum atomic E-state index is -0.266. The summed E-state index contributed by atoms with van der Waals surface area (Å²) in [7, 11) is 0. The van der Waals surface area contributed by atoms with Crippen LogP contribution in [0.2, 0.25) is 0 Å². The maximum Gasteiger partial charge on any atom is 0.141 e. The highest BCUT2D eigenvalue weighted by atomic mass is 79.9. The molecule has 0 atom stereocenters. The predicted molar refractivity (Wildman–Crippen MR) is 80.5 cm³/mol. The van der Waals surface area contributed by atoms with Crippen LogP contribution in [0, 0.1) is 5.82 Å². The van der Waals surface area contributed by atoms with E-state index in [2.05, 4.69) is 21.2 Å². The predicted octanol–water partition coefficient (Wildman–Crippen LogP) is 4.63. The second-order valence-electron chi connectivity index (χ2n) is 4.98. The molecule has 0 amide bonds. The highest BCUT2D eigenvalue weighted by Gasteiger charge is 2.20. The Kier molecular flexibility index (Phi) is 4.03. The first kappa shape index (κ1) is 13.6. The Balaban J connectivity index is 1.68. The molecule has 1 saturated carbocycles. The Hall–Kier alpha value is -1.39. The van der Waals surface area contributed by atoms with Crippen LogP contribution in [0.4, 0.5) is 4.39 Å². The molecule has 0 unspecified atom stereocenters. The second-order valence-corrected chi connectivity index (χ2v) is 5.83. The lowest BCUT2D eigenvalue weighted by atomic mass is 10.2. The number of hydrogen-bond donors (Lipinski definition) is 1. The third-order valence-electron chi connectivity index (χ3n) is 3.21. The van der Waals surface area contributed by atoms with E-state index in [4.69, 9.17) is 4.74 Å². The Morgan fingerprint density at radius 2 is 1.90 bits per heavy atom. The Morgan fingerprint density at radius 1 is 1.15 bits per heavy atom. The molecule has 1 fully saturated rings. The molecule has 0 spiro atoms. The quantitative estimate of drug-likeness (QED) is 0.859. The van der Waals surface area contributed by atoms with Crippen molar-refractivity contribution in [1.82, 2.24) is 5.32 Å². The normalized spacial score (nSPS) is 14.3. The number of rotatable bonds is 5. The summed E-state index contributed by atoms with van der Waals surface area (Å²) in [6, 6.07) is 12.7. The van der Waals surface area contributed by atoms with Crippen LogP contribution in [0.25, 0.3) is 0 Å². The first-order valence-electron chi connectivity index (χ1n) is 6.66. The molecule has 20 heavy (non-hydrogen) atoms. The number of nitrogens with one attached hydrogen (secondary N) is 1. The molecular formula is C16H15BrFNO. The lowest BCUT2D eigenvalue weighted by molar-refractivity contribution is 0.477. The van der Waals surface area contributed by atoms with Crippen molar-refractivity contribution in [3.8, 4) is 11.5 Å². The zero-order valence-corrected chi connectivity index (χ0v) is 12.5. The summed E-state index contributed by atoms with van der Waals surface area (Å²) in [4.78, 5) is 0. The van der Waals surface area contributed by atoms with Crippen molar-refractivity contribution in [3.63, 3.8) is 0 Å². The van der Waals surface area contributed by atoms with Crippen LogP contribution in [0.1, 0.15) is 18.4 Å². The van der Waals surface area contributed by atoms with Gasteiger partial charge in [-0.05, 0) is 70.7 Å². The van der Waals surface area contributed by atoms with E-state index >= 15 is 0 Å². The SMILES string of the molecule is Fc1ccc(Oc2ccc(CNC3CC3)cc2Br)cc1. The average molecular weight is 336 g/mol. The molecule has 0 heterocycles. The molecule has 3 rings (SSSR count). The van der Waals surface area contributed by atoms with Gasteiger partial charge in [-0.1, -0.05) is 6.07 Å². The lowest BCUT2D eigenvalue weighted by Gasteiger charge is -2.10. The molecule has 104 valence electrons. The van der Waals surface area contributed by atoms with Gasteiger partial charge in [0.05, 0.1) is 4.47 Å². The summed E-state index contributed by atoms with van der Waals surface area (Å²) in [5.41, 5.74) is 1.22. The largest absolute Gasteiger partial charge is 0.456 e. The van der Waals surface area contributed by atoms with Crippen LogP contribution in [0.5, 0.6) is 11.5 Å². The van der Waals surface area contributed by atoms with Crippen molar-refractivity contribution in [1.29, 1.82) is 0 Å². The highest BCUT2D eigenvalue weighted by Crippen LogP contribution is 2.31. The first-order chi connectivity index (χ1) is 9.70. The number of halogens is 2. The fraction of sp³-hybridized carbons (Fsp3) is 0.250. The highest BCUT2D eigenvalue weighted by molar-refractivity contribution is 9.10. The molecule has 0 radical (unpaired) electrons. The Bertz CT molecular complexity index is 596. The fourth-order valence-electron chi connectivity index (χ4n) is 1.92. The van der Waals surface area contributed by atoms with Gasteiger partial charge in [0.1, 0.15) is 17.3 Å². The van der Waals surface area contributed by atoms with Crippen LogP contribution in [-0.2, 0) is 6.54 Å². The summed E-state index contributed by atoms with van der Waals surface area (Å²) in [6.07, 6.45) is 2.57. The van der Waals surface area contributed by atoms with E-state index in [1.54, 1.807) is 12.1 Å². The van der Waals surface area contributed by atoms with E-state index in [1.165, 1.54) is 30.5 Å². The molecule has 2 nitrogen and oxygen atoms in total. The summed E-state index contributed by atoms with van der Waals surface area (Å²) in [5, 5.41) is 3.47. The molecule has 2 aromatic rings. The lowest BCUT2D eigenvalue weighted by Crippen LogP contribution is -2.15. The molecule has 4 heteroatoms. The topological polar surface area (TPSA) is 21.3 Å². The van der Waals surface area contributed by atoms with Crippen LogP contribution >= 0.6 is 15.9 Å². The van der Waals surface area contributed by atoms with Crippen LogP contribution in [0.15, 0.2) is 46.9 Å². The maximum atomic E-state index is 12.8. The van der Waals surface area contributed by atoms with Gasteiger partial charge in [-0.3, -0.25) is 0 Å². The van der Waals surface area contributed by atoms with E-state index in [-0.39, 0.29) is 5.82 Å². The summed E-state index contributed by atoms with van der Waals surface area (Å²) >= 11 is 3.51. The van der Waals surface area contributed by atoms with Crippen molar-refractivity contribution in [2.75, 3.05) is 0 Å². The summed E-state index contributed by atoms with van der Waals surface area (Å²) in [6.45, 7) is 0.875. The number of benzene rings is 2. The van der Waals surface area contributed by atoms with Gasteiger partial charge in [0.15, 0.2) is 0 Å². The fourth-order valence-corrected chi connectivity index (χ4v) is 2.42. The van der Waals surface area contributed by atoms with Gasteiger partial charge in [-0.15, -0.1) is 0 Å². The van der Waals surface area contributed by atoms with Gasteiger partial charge in [-0.2, -0.15) is 0 Å². The van der Waals surface area contributed by atoms with Gasteiger partial charge in [0.2, 0.25) is 0 Å². The zero-order valence-electron chi connectivity index (χ0n) is 10.9. The molecule has 1 aliphatic rings. The molecule has 1 aliphatic carbocycles. The Labute approximate surface area is 126 Å². The molecule has 0 aromatic heterocycles. The van der Waals surface area contributed by atoms with E-state index in [9.17, 15) is 4.39 Å². The van der Waals surface area contributed by atoms with Crippen LogP contribution in [0.3, 0.4) is 0 Å². The number of ether oxygens (including phenoxy) is 1. The smallest absolute Gasteiger partial charge is 0.141 e. The molecule has 0 aliphatic heterocycles. The minimum absolute atomic E-state index is 0.266. The van der Waals surface area contributed by atoms with E-state index < -0.39 is 0 Å². The molecule has 0 saturated heterocycles. The first-order valence-corrected chi connectivity index (χ1v) is 7.45. The van der Waals surface area contributed by atoms with E-state index in [0.29, 0.717) is 11.8 Å². The average Bonchev–Trinajstić information content (AvgIpc) is 3.26. The molecule has 0 bridgehead atoms. The van der Waals surface area contributed by atoms with Crippen LogP contribution in [-0.4, -0.2) is 6.04 Å². The van der Waals surface area contributed by atoms with Gasteiger partial charge in [0, 0.05) is 12.6 Å². The summed E-state index contributed by atoms with van der Waals surface area (Å²) < 4.78 is 19.5. The second kappa shape index (κ2) is 5.94. The van der Waals surface area contributed by atoms with Crippen molar-refractivity contribution >= 4 is 15.9 Å². The number of hydrogen-bond acceptors (Lipinski definition) is 2. The van der Waals surface area contributed by atoms with Gasteiger partial charge >= 0.3 is 0 Å². The van der Waals surface area contributed by atoms with Gasteiger partial charge in [0.25, 0.3) is 0 Å². The standard InChI is InChI=1S/C16H15BrFNO/c17-15-9-11(10-19-13-4-5-13)1-8-16(15)20-14-6-2-12(18)3-7-14/h1-3,6-9,13,19H,4-5,10H2. The van der Waals surface area contributed by atoms with Crippen molar-refractivity contribution in [3.05, 3.63) is 58.3 Å². The summed E-state index contributed by atoms with van der Waals surface area (Å²) in [5.74, 6) is 1.08. The maximum absolute atomic E-state index is 12.8. The zero-order chi connectivity index (χ0) is 13.9. The van der Waals surface area contributed by atoms with Crippen molar-refractivity contribution in [2.45, 2.75) is 25.4 Å². The van der Waals surface area contributed by atoms with E-state index in [1.807, 2.05) is 18.2 Å². The van der Waals surface area contributed by atoms with Gasteiger partial charge in [-0.25, -0.2) is 4.39 Å². The molecule has 1 N–H and O–H groups in total. The van der Waals surface area contributed by atoms with E-state index in [0.717, 1.165) is 16.8 Å². The van der Waals surface area contributed by atoms with Crippen molar-refractivity contribution in [2.24, 2.45) is 0 Å². The van der Waals surface area contributed by atoms with Crippen molar-refractivity contribution < 1.29 is 9.13 Å². The third-order valence-corrected chi connectivity index (χ3v) is 3.83. The monoisotopic (exact) mass is 335 g/mol. The molecular weight excluding hydrogens is 321 g/mol. The van der Waals surface area contributed by atoms with Gasteiger partial charge < -0.3 is 10.1 Å². The third kappa shape index (κ3) is 3.58. The Morgan fingerprint density at radius 3 is 2.55 bits per heavy atom. The van der Waals surface area contributed by atoms with Crippen LogP contribution < -0.4 is 10.1 Å². The minimum Gasteiger partial charge on any atom is -0.456 e.